The van der Waals surface area contributed by atoms with Crippen LogP contribution < -0.4 is 5.32 Å². The Kier molecular flexibility index (Phi) is 4.73. The lowest BCUT2D eigenvalue weighted by Crippen LogP contribution is -2.39. The van der Waals surface area contributed by atoms with Crippen LogP contribution >= 0.6 is 0 Å². The van der Waals surface area contributed by atoms with Gasteiger partial charge in [-0.05, 0) is 31.0 Å². The lowest BCUT2D eigenvalue weighted by Gasteiger charge is -2.29. The Morgan fingerprint density at radius 1 is 1.29 bits per heavy atom. The first-order valence-electron chi connectivity index (χ1n) is 7.89. The van der Waals surface area contributed by atoms with Gasteiger partial charge in [-0.15, -0.1) is 0 Å². The zero-order chi connectivity index (χ0) is 17.3. The van der Waals surface area contributed by atoms with Crippen LogP contribution in [0.4, 0.5) is 17.6 Å². The van der Waals surface area contributed by atoms with Crippen molar-refractivity contribution >= 4 is 10.9 Å². The fourth-order valence-electron chi connectivity index (χ4n) is 3.20. The molecule has 0 amide bonds. The SMILES string of the molecule is O[C@@H](c1cc(C(F)(F)F)nc2c(CF)cccc12)[C@H]1CCCCN1. The molecule has 0 unspecified atom stereocenters. The minimum absolute atomic E-state index is 0.0420. The van der Waals surface area contributed by atoms with Gasteiger partial charge < -0.3 is 10.4 Å². The van der Waals surface area contributed by atoms with Gasteiger partial charge in [-0.25, -0.2) is 9.37 Å². The molecule has 2 atom stereocenters. The largest absolute Gasteiger partial charge is 0.433 e. The van der Waals surface area contributed by atoms with E-state index in [1.807, 2.05) is 0 Å². The molecule has 0 bridgehead atoms. The lowest BCUT2D eigenvalue weighted by atomic mass is 9.92. The predicted octanol–water partition coefficient (Wildman–Crippen LogP) is 3.90. The number of rotatable bonds is 3. The maximum absolute atomic E-state index is 13.2. The van der Waals surface area contributed by atoms with Crippen LogP contribution in [0, 0.1) is 0 Å². The molecule has 0 spiro atoms. The molecule has 1 aliphatic heterocycles. The van der Waals surface area contributed by atoms with Gasteiger partial charge in [0.05, 0.1) is 11.6 Å². The number of benzene rings is 1. The number of piperidine rings is 1. The number of nitrogens with one attached hydrogen (secondary N) is 1. The minimum Gasteiger partial charge on any atom is -0.387 e. The van der Waals surface area contributed by atoms with Gasteiger partial charge in [-0.1, -0.05) is 24.6 Å². The maximum Gasteiger partial charge on any atom is 0.433 e. The number of hydrogen-bond donors (Lipinski definition) is 2. The van der Waals surface area contributed by atoms with Gasteiger partial charge in [-0.2, -0.15) is 13.2 Å². The van der Waals surface area contributed by atoms with Crippen molar-refractivity contribution in [3.05, 3.63) is 41.1 Å². The summed E-state index contributed by atoms with van der Waals surface area (Å²) in [4.78, 5) is 3.61. The number of fused-ring (bicyclic) bond motifs is 1. The molecule has 1 aromatic carbocycles. The van der Waals surface area contributed by atoms with Crippen LogP contribution in [0.25, 0.3) is 10.9 Å². The number of para-hydroxylation sites is 1. The van der Waals surface area contributed by atoms with Gasteiger partial charge in [0.1, 0.15) is 12.4 Å². The molecule has 0 aliphatic carbocycles. The summed E-state index contributed by atoms with van der Waals surface area (Å²) >= 11 is 0. The summed E-state index contributed by atoms with van der Waals surface area (Å²) in [7, 11) is 0. The van der Waals surface area contributed by atoms with Crippen molar-refractivity contribution in [2.75, 3.05) is 6.54 Å². The maximum atomic E-state index is 13.2. The molecule has 0 saturated carbocycles. The highest BCUT2D eigenvalue weighted by Crippen LogP contribution is 2.36. The van der Waals surface area contributed by atoms with E-state index in [1.165, 1.54) is 6.07 Å². The number of aliphatic hydroxyl groups excluding tert-OH is 1. The highest BCUT2D eigenvalue weighted by molar-refractivity contribution is 5.85. The second-order valence-electron chi connectivity index (χ2n) is 6.04. The topological polar surface area (TPSA) is 45.2 Å². The van der Waals surface area contributed by atoms with Crippen molar-refractivity contribution < 1.29 is 22.7 Å². The molecule has 2 N–H and O–H groups in total. The van der Waals surface area contributed by atoms with Crippen molar-refractivity contribution in [3.8, 4) is 0 Å². The lowest BCUT2D eigenvalue weighted by molar-refractivity contribution is -0.141. The van der Waals surface area contributed by atoms with Crippen molar-refractivity contribution in [1.82, 2.24) is 10.3 Å². The van der Waals surface area contributed by atoms with E-state index < -0.39 is 24.6 Å². The van der Waals surface area contributed by atoms with Crippen LogP contribution in [-0.2, 0) is 12.9 Å². The molecule has 1 saturated heterocycles. The predicted molar refractivity (Wildman–Crippen MR) is 82.2 cm³/mol. The number of nitrogens with zero attached hydrogens (tertiary/aromatic N) is 1. The third-order valence-electron chi connectivity index (χ3n) is 4.44. The molecule has 1 aromatic heterocycles. The zero-order valence-corrected chi connectivity index (χ0v) is 12.9. The average molecular weight is 342 g/mol. The Hall–Kier alpha value is -1.73. The van der Waals surface area contributed by atoms with E-state index in [0.29, 0.717) is 18.4 Å². The highest BCUT2D eigenvalue weighted by atomic mass is 19.4. The number of aromatic nitrogens is 1. The van der Waals surface area contributed by atoms with Crippen molar-refractivity contribution in [2.24, 2.45) is 0 Å². The van der Waals surface area contributed by atoms with Crippen molar-refractivity contribution in [1.29, 1.82) is 0 Å². The Morgan fingerprint density at radius 3 is 2.71 bits per heavy atom. The molecule has 1 fully saturated rings. The summed E-state index contributed by atoms with van der Waals surface area (Å²) in [6.07, 6.45) is -3.22. The highest BCUT2D eigenvalue weighted by Gasteiger charge is 2.35. The Balaban J connectivity index is 2.17. The normalized spacial score (nSPS) is 20.3. The van der Waals surface area contributed by atoms with Gasteiger partial charge in [0.2, 0.25) is 0 Å². The summed E-state index contributed by atoms with van der Waals surface area (Å²) in [6.45, 7) is -0.199. The number of aliphatic hydroxyl groups is 1. The van der Waals surface area contributed by atoms with E-state index in [2.05, 4.69) is 10.3 Å². The standard InChI is InChI=1S/C17H18F4N2O/c18-9-10-4-3-5-11-12(16(24)13-6-1-2-7-22-13)8-14(17(19,20)21)23-15(10)11/h3-5,8,13,16,22,24H,1-2,6-7,9H2/t13-,16+/m1/s1. The van der Waals surface area contributed by atoms with Crippen LogP contribution in [0.1, 0.15) is 42.2 Å². The second-order valence-corrected chi connectivity index (χ2v) is 6.04. The monoisotopic (exact) mass is 342 g/mol. The fourth-order valence-corrected chi connectivity index (χ4v) is 3.20. The molecular weight excluding hydrogens is 324 g/mol. The van der Waals surface area contributed by atoms with Crippen LogP contribution in [0.3, 0.4) is 0 Å². The van der Waals surface area contributed by atoms with Gasteiger partial charge in [0.25, 0.3) is 0 Å². The van der Waals surface area contributed by atoms with Gasteiger partial charge in [0.15, 0.2) is 0 Å². The molecule has 0 radical (unpaired) electrons. The molecule has 1 aliphatic rings. The first kappa shape index (κ1) is 17.1. The van der Waals surface area contributed by atoms with Crippen molar-refractivity contribution in [3.63, 3.8) is 0 Å². The third-order valence-corrected chi connectivity index (χ3v) is 4.44. The van der Waals surface area contributed by atoms with E-state index in [-0.39, 0.29) is 22.7 Å². The van der Waals surface area contributed by atoms with E-state index in [0.717, 1.165) is 18.9 Å². The quantitative estimate of drug-likeness (QED) is 0.832. The van der Waals surface area contributed by atoms with Crippen LogP contribution in [0.15, 0.2) is 24.3 Å². The molecular formula is C17H18F4N2O. The summed E-state index contributed by atoms with van der Waals surface area (Å²) in [6, 6.07) is 5.11. The Labute approximate surface area is 136 Å². The average Bonchev–Trinajstić information content (AvgIpc) is 2.59. The minimum atomic E-state index is -4.66. The van der Waals surface area contributed by atoms with E-state index in [4.69, 9.17) is 0 Å². The summed E-state index contributed by atoms with van der Waals surface area (Å²) in [5, 5.41) is 14.1. The van der Waals surface area contributed by atoms with E-state index >= 15 is 0 Å². The molecule has 24 heavy (non-hydrogen) atoms. The number of hydrogen-bond acceptors (Lipinski definition) is 3. The van der Waals surface area contributed by atoms with Crippen LogP contribution in [0.5, 0.6) is 0 Å². The number of alkyl halides is 4. The second kappa shape index (κ2) is 6.64. The third kappa shape index (κ3) is 3.23. The molecule has 7 heteroatoms. The van der Waals surface area contributed by atoms with Gasteiger partial charge in [0, 0.05) is 17.0 Å². The zero-order valence-electron chi connectivity index (χ0n) is 12.9. The molecule has 2 heterocycles. The first-order chi connectivity index (χ1) is 11.4. The van der Waals surface area contributed by atoms with Crippen LogP contribution in [-0.4, -0.2) is 22.7 Å². The van der Waals surface area contributed by atoms with Gasteiger partial charge >= 0.3 is 6.18 Å². The fraction of sp³-hybridized carbons (Fsp3) is 0.471. The molecule has 2 aromatic rings. The first-order valence-corrected chi connectivity index (χ1v) is 7.89. The van der Waals surface area contributed by atoms with Gasteiger partial charge in [-0.3, -0.25) is 0 Å². The summed E-state index contributed by atoms with van der Waals surface area (Å²) in [5.74, 6) is 0. The number of pyridine rings is 1. The molecule has 3 rings (SSSR count). The van der Waals surface area contributed by atoms with E-state index in [9.17, 15) is 22.7 Å². The van der Waals surface area contributed by atoms with Crippen LogP contribution in [0.2, 0.25) is 0 Å². The summed E-state index contributed by atoms with van der Waals surface area (Å²) in [5.41, 5.74) is -0.925. The van der Waals surface area contributed by atoms with Crippen molar-refractivity contribution in [2.45, 2.75) is 44.3 Å². The molecule has 130 valence electrons. The van der Waals surface area contributed by atoms with E-state index in [1.54, 1.807) is 12.1 Å². The Bertz CT molecular complexity index is 726. The Morgan fingerprint density at radius 2 is 2.08 bits per heavy atom. The summed E-state index contributed by atoms with van der Waals surface area (Å²) < 4.78 is 52.7. The number of halogens is 4. The smallest absolute Gasteiger partial charge is 0.387 e. The molecule has 3 nitrogen and oxygen atoms in total.